The van der Waals surface area contributed by atoms with Crippen LogP contribution in [0.25, 0.3) is 0 Å². The molecule has 1 aromatic rings. The van der Waals surface area contributed by atoms with Crippen LogP contribution in [0.2, 0.25) is 25.7 Å². The van der Waals surface area contributed by atoms with Gasteiger partial charge in [0.05, 0.1) is 12.0 Å². The number of rotatable bonds is 6. The van der Waals surface area contributed by atoms with Gasteiger partial charge in [0.25, 0.3) is 0 Å². The van der Waals surface area contributed by atoms with Crippen molar-refractivity contribution in [2.75, 3.05) is 13.7 Å². The average Bonchev–Trinajstić information content (AvgIpc) is 2.73. The maximum atomic E-state index is 7.32. The minimum Gasteiger partial charge on any atom is -0.361 e. The van der Waals surface area contributed by atoms with Gasteiger partial charge in [0.2, 0.25) is 0 Å². The number of nitrogens with one attached hydrogen (secondary N) is 1. The van der Waals surface area contributed by atoms with Gasteiger partial charge in [-0.25, -0.2) is 10.5 Å². The van der Waals surface area contributed by atoms with Gasteiger partial charge in [0.1, 0.15) is 6.73 Å². The van der Waals surface area contributed by atoms with Crippen LogP contribution in [0.1, 0.15) is 25.5 Å². The summed E-state index contributed by atoms with van der Waals surface area (Å²) in [6, 6.07) is 1.22. The van der Waals surface area contributed by atoms with Gasteiger partial charge in [-0.3, -0.25) is 0 Å². The van der Waals surface area contributed by atoms with Crippen LogP contribution in [0.15, 0.2) is 12.5 Å². The molecule has 112 valence electrons. The fourth-order valence-corrected chi connectivity index (χ4v) is 2.05. The molecule has 0 unspecified atom stereocenters. The van der Waals surface area contributed by atoms with Crippen molar-refractivity contribution in [3.05, 3.63) is 18.2 Å². The summed E-state index contributed by atoms with van der Waals surface area (Å²) >= 11 is 0. The van der Waals surface area contributed by atoms with Crippen LogP contribution in [0.3, 0.4) is 0 Å². The number of hydrogen-bond donors (Lipinski definition) is 2. The van der Waals surface area contributed by atoms with E-state index in [1.807, 2.05) is 10.9 Å². The number of ether oxygens (including phenoxy) is 1. The third kappa shape index (κ3) is 9.83. The van der Waals surface area contributed by atoms with E-state index in [-0.39, 0.29) is 0 Å². The molecular formula is C13H29N3O2Si. The van der Waals surface area contributed by atoms with E-state index < -0.39 is 8.07 Å². The molecule has 0 radical (unpaired) electrons. The second-order valence-corrected chi connectivity index (χ2v) is 11.7. The van der Waals surface area contributed by atoms with Crippen molar-refractivity contribution in [1.82, 2.24) is 15.0 Å². The van der Waals surface area contributed by atoms with E-state index in [4.69, 9.17) is 9.94 Å². The second kappa shape index (κ2) is 9.25. The number of nitrogens with zero attached hydrogens (tertiary/aromatic N) is 2. The summed E-state index contributed by atoms with van der Waals surface area (Å²) in [6.45, 7) is 12.9. The van der Waals surface area contributed by atoms with E-state index >= 15 is 0 Å². The lowest BCUT2D eigenvalue weighted by Crippen LogP contribution is -2.21. The third-order valence-electron chi connectivity index (χ3n) is 2.48. The first-order chi connectivity index (χ1) is 8.80. The maximum Gasteiger partial charge on any atom is 0.123 e. The Morgan fingerprint density at radius 3 is 2.42 bits per heavy atom. The Labute approximate surface area is 118 Å². The Bertz CT molecular complexity index is 335. The zero-order chi connectivity index (χ0) is 14.9. The number of hydroxylamine groups is 1. The summed E-state index contributed by atoms with van der Waals surface area (Å²) in [5, 5.41) is 7.32. The normalized spacial score (nSPS) is 11.4. The Morgan fingerprint density at radius 2 is 2.00 bits per heavy atom. The lowest BCUT2D eigenvalue weighted by molar-refractivity contribution is 0.0871. The minimum atomic E-state index is -0.958. The van der Waals surface area contributed by atoms with Crippen molar-refractivity contribution >= 4 is 8.07 Å². The topological polar surface area (TPSA) is 59.3 Å². The van der Waals surface area contributed by atoms with E-state index in [9.17, 15) is 0 Å². The molecule has 0 saturated heterocycles. The first-order valence-corrected chi connectivity index (χ1v) is 10.4. The van der Waals surface area contributed by atoms with E-state index in [0.717, 1.165) is 12.3 Å². The van der Waals surface area contributed by atoms with Crippen LogP contribution < -0.4 is 5.48 Å². The fraction of sp³-hybridized carbons (Fsp3) is 0.769. The highest BCUT2D eigenvalue weighted by Crippen LogP contribution is 2.11. The molecule has 1 heterocycles. The third-order valence-corrected chi connectivity index (χ3v) is 4.19. The summed E-state index contributed by atoms with van der Waals surface area (Å²) < 4.78 is 7.66. The SMILES string of the molecule is CC(C)c1cn(COCC[Si](C)(C)C)cn1.CNO. The van der Waals surface area contributed by atoms with E-state index in [0.29, 0.717) is 12.6 Å². The van der Waals surface area contributed by atoms with E-state index in [1.54, 1.807) is 5.48 Å². The molecule has 1 rings (SSSR count). The van der Waals surface area contributed by atoms with Gasteiger partial charge < -0.3 is 14.5 Å². The van der Waals surface area contributed by atoms with Crippen LogP contribution in [-0.2, 0) is 11.5 Å². The Kier molecular flexibility index (Phi) is 8.91. The molecule has 1 aromatic heterocycles. The molecule has 0 spiro atoms. The maximum absolute atomic E-state index is 7.32. The number of aromatic nitrogens is 2. The molecule has 0 saturated carbocycles. The highest BCUT2D eigenvalue weighted by atomic mass is 28.3. The molecule has 0 fully saturated rings. The summed E-state index contributed by atoms with van der Waals surface area (Å²) in [5.74, 6) is 0.489. The molecule has 0 atom stereocenters. The predicted octanol–water partition coefficient (Wildman–Crippen LogP) is 2.91. The Morgan fingerprint density at radius 1 is 1.42 bits per heavy atom. The summed E-state index contributed by atoms with van der Waals surface area (Å²) in [5.41, 5.74) is 2.88. The smallest absolute Gasteiger partial charge is 0.123 e. The van der Waals surface area contributed by atoms with Crippen LogP contribution >= 0.6 is 0 Å². The van der Waals surface area contributed by atoms with Crippen molar-refractivity contribution in [3.8, 4) is 0 Å². The summed E-state index contributed by atoms with van der Waals surface area (Å²) in [7, 11) is 0.473. The van der Waals surface area contributed by atoms with Gasteiger partial charge in [-0.05, 0) is 12.0 Å². The van der Waals surface area contributed by atoms with Gasteiger partial charge in [0, 0.05) is 27.9 Å². The highest BCUT2D eigenvalue weighted by molar-refractivity contribution is 6.76. The van der Waals surface area contributed by atoms with Crippen LogP contribution in [0.5, 0.6) is 0 Å². The Hall–Kier alpha value is -0.693. The standard InChI is InChI=1S/C12H24N2OSi.CH5NO/c1-11(2)12-8-14(9-13-12)10-15-6-7-16(3,4)5;1-2-3/h8-9,11H,6-7,10H2,1-5H3;2-3H,1H3. The zero-order valence-electron chi connectivity index (χ0n) is 13.1. The minimum absolute atomic E-state index is 0.489. The molecule has 6 heteroatoms. The van der Waals surface area contributed by atoms with Crippen molar-refractivity contribution in [2.24, 2.45) is 0 Å². The van der Waals surface area contributed by atoms with Crippen LogP contribution in [-0.4, -0.2) is 36.5 Å². The number of hydrogen-bond acceptors (Lipinski definition) is 4. The van der Waals surface area contributed by atoms with Gasteiger partial charge in [-0.15, -0.1) is 0 Å². The molecular weight excluding hydrogens is 258 g/mol. The fourth-order valence-electron chi connectivity index (χ4n) is 1.29. The lowest BCUT2D eigenvalue weighted by atomic mass is 10.2. The van der Waals surface area contributed by atoms with Crippen molar-refractivity contribution < 1.29 is 9.94 Å². The van der Waals surface area contributed by atoms with Crippen molar-refractivity contribution in [1.29, 1.82) is 0 Å². The van der Waals surface area contributed by atoms with Crippen LogP contribution in [0, 0.1) is 0 Å². The van der Waals surface area contributed by atoms with E-state index in [2.05, 4.69) is 44.7 Å². The first-order valence-electron chi connectivity index (χ1n) is 6.70. The summed E-state index contributed by atoms with van der Waals surface area (Å²) in [4.78, 5) is 4.33. The number of imidazole rings is 1. The van der Waals surface area contributed by atoms with Crippen molar-refractivity contribution in [3.63, 3.8) is 0 Å². The molecule has 0 aliphatic rings. The molecule has 0 aliphatic carbocycles. The quantitative estimate of drug-likeness (QED) is 0.480. The zero-order valence-corrected chi connectivity index (χ0v) is 14.1. The second-order valence-electron chi connectivity index (χ2n) is 6.04. The predicted molar refractivity (Wildman–Crippen MR) is 81.3 cm³/mol. The van der Waals surface area contributed by atoms with Gasteiger partial charge >= 0.3 is 0 Å². The lowest BCUT2D eigenvalue weighted by Gasteiger charge is -2.15. The molecule has 19 heavy (non-hydrogen) atoms. The van der Waals surface area contributed by atoms with Crippen LogP contribution in [0.4, 0.5) is 0 Å². The molecule has 0 amide bonds. The van der Waals surface area contributed by atoms with E-state index in [1.165, 1.54) is 13.1 Å². The van der Waals surface area contributed by atoms with Gasteiger partial charge in [-0.2, -0.15) is 0 Å². The monoisotopic (exact) mass is 287 g/mol. The first kappa shape index (κ1) is 18.3. The average molecular weight is 287 g/mol. The summed E-state index contributed by atoms with van der Waals surface area (Å²) in [6.07, 6.45) is 3.92. The van der Waals surface area contributed by atoms with Gasteiger partial charge in [-0.1, -0.05) is 33.5 Å². The van der Waals surface area contributed by atoms with Gasteiger partial charge in [0.15, 0.2) is 0 Å². The molecule has 0 bridgehead atoms. The molecule has 2 N–H and O–H groups in total. The highest BCUT2D eigenvalue weighted by Gasteiger charge is 2.12. The molecule has 5 nitrogen and oxygen atoms in total. The largest absolute Gasteiger partial charge is 0.361 e. The molecule has 0 aliphatic heterocycles. The van der Waals surface area contributed by atoms with Crippen molar-refractivity contribution in [2.45, 2.75) is 52.2 Å². The Balaban J connectivity index is 0.000000982. The molecule has 0 aromatic carbocycles.